The van der Waals surface area contributed by atoms with Crippen LogP contribution in [0.1, 0.15) is 26.3 Å². The highest BCUT2D eigenvalue weighted by Gasteiger charge is 2.24. The predicted octanol–water partition coefficient (Wildman–Crippen LogP) is 3.79. The van der Waals surface area contributed by atoms with Gasteiger partial charge in [0.2, 0.25) is 0 Å². The number of aromatic nitrogens is 2. The van der Waals surface area contributed by atoms with Gasteiger partial charge in [0.15, 0.2) is 0 Å². The largest absolute Gasteiger partial charge is 0.508 e. The fraction of sp³-hybridized carbons (Fsp3) is 0.0435. The second kappa shape index (κ2) is 9.92. The lowest BCUT2D eigenvalue weighted by molar-refractivity contribution is -0.112. The molecule has 0 aliphatic rings. The van der Waals surface area contributed by atoms with Gasteiger partial charge in [-0.1, -0.05) is 35.3 Å². The minimum absolute atomic E-state index is 0. The number of carboxylic acids is 1. The van der Waals surface area contributed by atoms with Gasteiger partial charge in [-0.25, -0.2) is 4.79 Å². The van der Waals surface area contributed by atoms with Gasteiger partial charge in [-0.05, 0) is 35.9 Å². The average Bonchev–Trinajstić information content (AvgIpc) is 3.13. The maximum absolute atomic E-state index is 13.0. The molecule has 0 atom stereocenters. The van der Waals surface area contributed by atoms with Crippen LogP contribution in [0.3, 0.4) is 0 Å². The van der Waals surface area contributed by atoms with Crippen molar-refractivity contribution >= 4 is 57.5 Å². The second-order valence-corrected chi connectivity index (χ2v) is 7.95. The third-order valence-electron chi connectivity index (χ3n) is 4.96. The quantitative estimate of drug-likeness (QED) is 0.269. The lowest BCUT2D eigenvalue weighted by Gasteiger charge is -2.07. The van der Waals surface area contributed by atoms with Crippen molar-refractivity contribution in [2.45, 2.75) is 6.54 Å². The number of ketones is 1. The molecule has 0 bridgehead atoms. The van der Waals surface area contributed by atoms with E-state index in [1.165, 1.54) is 42.9 Å². The Morgan fingerprint density at radius 2 is 1.65 bits per heavy atom. The summed E-state index contributed by atoms with van der Waals surface area (Å²) in [6.45, 7) is 0.304. The molecule has 0 aliphatic carbocycles. The van der Waals surface area contributed by atoms with Gasteiger partial charge in [-0.15, -0.1) is 0 Å². The summed E-state index contributed by atoms with van der Waals surface area (Å²) in [6, 6.07) is 10.8. The number of carboxylic acid groups (broad SMARTS) is 1. The summed E-state index contributed by atoms with van der Waals surface area (Å²) in [5.74, 6) is -2.91. The van der Waals surface area contributed by atoms with Crippen LogP contribution >= 0.6 is 23.2 Å². The number of aromatic carboxylic acids is 1. The molecule has 2 heterocycles. The predicted molar refractivity (Wildman–Crippen MR) is 127 cm³/mol. The van der Waals surface area contributed by atoms with Crippen LogP contribution in [-0.4, -0.2) is 42.9 Å². The summed E-state index contributed by atoms with van der Waals surface area (Å²) in [6.07, 6.45) is 4.08. The Morgan fingerprint density at radius 1 is 1.00 bits per heavy atom. The molecule has 0 unspecified atom stereocenters. The number of aromatic hydroxyl groups is 1. The van der Waals surface area contributed by atoms with Crippen molar-refractivity contribution in [2.75, 3.05) is 5.32 Å². The fourth-order valence-corrected chi connectivity index (χ4v) is 3.83. The molecule has 174 valence electrons. The lowest BCUT2D eigenvalue weighted by Crippen LogP contribution is -2.23. The third-order valence-corrected chi connectivity index (χ3v) is 5.53. The van der Waals surface area contributed by atoms with Crippen LogP contribution in [0, 0.1) is 0 Å². The zero-order chi connectivity index (χ0) is 23.7. The SMILES string of the molecule is O.O=C(Nc1c(Cl)cncc1Cl)C(=O)c1cn(Cc2ccc(C(=O)O)cc2)c2ccc(O)cc12. The molecule has 0 saturated heterocycles. The van der Waals surface area contributed by atoms with E-state index in [9.17, 15) is 19.5 Å². The number of hydrogen-bond acceptors (Lipinski definition) is 5. The molecule has 4 rings (SSSR count). The van der Waals surface area contributed by atoms with Gasteiger partial charge in [0.25, 0.3) is 11.7 Å². The van der Waals surface area contributed by atoms with E-state index in [4.69, 9.17) is 28.3 Å². The number of hydrogen-bond donors (Lipinski definition) is 3. The second-order valence-electron chi connectivity index (χ2n) is 7.14. The summed E-state index contributed by atoms with van der Waals surface area (Å²) < 4.78 is 1.73. The topological polar surface area (TPSA) is 153 Å². The Kier molecular flexibility index (Phi) is 7.21. The summed E-state index contributed by atoms with van der Waals surface area (Å²) in [5, 5.41) is 22.0. The number of nitrogens with zero attached hydrogens (tertiary/aromatic N) is 2. The fourth-order valence-electron chi connectivity index (χ4n) is 3.37. The van der Waals surface area contributed by atoms with Crippen LogP contribution in [0.2, 0.25) is 10.0 Å². The Balaban J connectivity index is 0.00000324. The molecule has 9 nitrogen and oxygen atoms in total. The summed E-state index contributed by atoms with van der Waals surface area (Å²) in [4.78, 5) is 40.6. The van der Waals surface area contributed by atoms with E-state index < -0.39 is 17.7 Å². The first-order chi connectivity index (χ1) is 15.7. The number of carbonyl (C=O) groups excluding carboxylic acids is 2. The molecule has 4 aromatic rings. The highest BCUT2D eigenvalue weighted by molar-refractivity contribution is 6.50. The molecule has 0 aliphatic heterocycles. The lowest BCUT2D eigenvalue weighted by atomic mass is 10.1. The van der Waals surface area contributed by atoms with Crippen molar-refractivity contribution in [3.63, 3.8) is 0 Å². The van der Waals surface area contributed by atoms with Crippen molar-refractivity contribution < 1.29 is 30.1 Å². The number of anilines is 1. The number of amides is 1. The Morgan fingerprint density at radius 3 is 2.26 bits per heavy atom. The van der Waals surface area contributed by atoms with Gasteiger partial charge < -0.3 is 25.6 Å². The highest BCUT2D eigenvalue weighted by atomic mass is 35.5. The first-order valence-electron chi connectivity index (χ1n) is 9.53. The van der Waals surface area contributed by atoms with Crippen LogP contribution < -0.4 is 5.32 Å². The van der Waals surface area contributed by atoms with E-state index in [-0.39, 0.29) is 38.1 Å². The maximum atomic E-state index is 13.0. The normalized spacial score (nSPS) is 10.5. The van der Waals surface area contributed by atoms with Crippen LogP contribution in [0.4, 0.5) is 5.69 Å². The minimum atomic E-state index is -1.03. The molecular weight excluding hydrogens is 485 g/mol. The average molecular weight is 502 g/mol. The van der Waals surface area contributed by atoms with E-state index in [0.717, 1.165) is 5.56 Å². The third kappa shape index (κ3) is 4.86. The number of benzene rings is 2. The summed E-state index contributed by atoms with van der Waals surface area (Å²) >= 11 is 12.0. The molecule has 34 heavy (non-hydrogen) atoms. The number of rotatable bonds is 6. The van der Waals surface area contributed by atoms with E-state index >= 15 is 0 Å². The number of carbonyl (C=O) groups is 3. The van der Waals surface area contributed by atoms with Gasteiger partial charge in [0, 0.05) is 36.0 Å². The molecular formula is C23H17Cl2N3O6. The van der Waals surface area contributed by atoms with Crippen molar-refractivity contribution in [2.24, 2.45) is 0 Å². The van der Waals surface area contributed by atoms with Gasteiger partial charge in [-0.3, -0.25) is 14.6 Å². The molecule has 0 radical (unpaired) electrons. The molecule has 1 amide bonds. The number of halogens is 2. The number of phenols is 1. The van der Waals surface area contributed by atoms with Crippen LogP contribution in [0.15, 0.2) is 61.1 Å². The first kappa shape index (κ1) is 24.7. The van der Waals surface area contributed by atoms with Gasteiger partial charge >= 0.3 is 5.97 Å². The monoisotopic (exact) mass is 501 g/mol. The Bertz CT molecular complexity index is 1400. The van der Waals surface area contributed by atoms with E-state index in [2.05, 4.69) is 10.3 Å². The molecule has 2 aromatic carbocycles. The zero-order valence-corrected chi connectivity index (χ0v) is 18.8. The molecule has 0 fully saturated rings. The van der Waals surface area contributed by atoms with Crippen LogP contribution in [0.25, 0.3) is 10.9 Å². The van der Waals surface area contributed by atoms with Crippen molar-refractivity contribution in [1.29, 1.82) is 0 Å². The van der Waals surface area contributed by atoms with Crippen molar-refractivity contribution in [3.05, 3.63) is 87.8 Å². The number of fused-ring (bicyclic) bond motifs is 1. The highest BCUT2D eigenvalue weighted by Crippen LogP contribution is 2.30. The van der Waals surface area contributed by atoms with Crippen molar-refractivity contribution in [3.8, 4) is 5.75 Å². The molecule has 0 spiro atoms. The maximum Gasteiger partial charge on any atom is 0.335 e. The minimum Gasteiger partial charge on any atom is -0.508 e. The summed E-state index contributed by atoms with van der Waals surface area (Å²) in [5.41, 5.74) is 1.68. The first-order valence-corrected chi connectivity index (χ1v) is 10.3. The van der Waals surface area contributed by atoms with E-state index in [1.807, 2.05) is 0 Å². The van der Waals surface area contributed by atoms with Gasteiger partial charge in [-0.2, -0.15) is 0 Å². The van der Waals surface area contributed by atoms with Crippen molar-refractivity contribution in [1.82, 2.24) is 9.55 Å². The van der Waals surface area contributed by atoms with E-state index in [1.54, 1.807) is 22.8 Å². The number of nitrogens with one attached hydrogen (secondary N) is 1. The smallest absolute Gasteiger partial charge is 0.335 e. The van der Waals surface area contributed by atoms with Crippen LogP contribution in [0.5, 0.6) is 5.75 Å². The standard InChI is InChI=1S/C23H15Cl2N3O5.H2O/c24-17-8-26-9-18(25)20(17)27-22(31)21(30)16-11-28(19-6-5-14(29)7-15(16)19)10-12-1-3-13(4-2-12)23(32)33;/h1-9,11,29H,10H2,(H,32,33)(H,26,27,31);1H2. The van der Waals surface area contributed by atoms with Crippen LogP contribution in [-0.2, 0) is 11.3 Å². The number of Topliss-reactive ketones (excluding diaryl/α,β-unsaturated/α-hetero) is 1. The Labute approximate surface area is 202 Å². The zero-order valence-electron chi connectivity index (χ0n) is 17.3. The number of phenolic OH excluding ortho intramolecular Hbond substituents is 1. The Hall–Kier alpha value is -3.92. The molecule has 5 N–H and O–H groups in total. The number of pyridine rings is 1. The van der Waals surface area contributed by atoms with E-state index in [0.29, 0.717) is 17.4 Å². The molecule has 0 saturated carbocycles. The summed E-state index contributed by atoms with van der Waals surface area (Å²) in [7, 11) is 0. The van der Waals surface area contributed by atoms with Gasteiger partial charge in [0.05, 0.1) is 26.9 Å². The molecule has 11 heteroatoms. The van der Waals surface area contributed by atoms with Gasteiger partial charge in [0.1, 0.15) is 5.75 Å². The molecule has 2 aromatic heterocycles.